The molecule has 0 aliphatic heterocycles. The molecule has 4 nitrogen and oxygen atoms in total. The van der Waals surface area contributed by atoms with E-state index < -0.39 is 0 Å². The third-order valence-electron chi connectivity index (χ3n) is 3.10. The Morgan fingerprint density at radius 3 is 2.78 bits per heavy atom. The Bertz CT molecular complexity index is 731. The molecule has 0 spiro atoms. The second-order valence-electron chi connectivity index (χ2n) is 4.34. The summed E-state index contributed by atoms with van der Waals surface area (Å²) in [5, 5.41) is 1.07. The van der Waals surface area contributed by atoms with Crippen LogP contribution in [0.2, 0.25) is 0 Å². The van der Waals surface area contributed by atoms with E-state index >= 15 is 0 Å². The summed E-state index contributed by atoms with van der Waals surface area (Å²) in [5.74, 6) is 1.21. The number of hydrogen-bond acceptors (Lipinski definition) is 4. The average molecular weight is 239 g/mol. The number of furan rings is 1. The van der Waals surface area contributed by atoms with Gasteiger partial charge in [-0.25, -0.2) is 9.97 Å². The van der Waals surface area contributed by atoms with Crippen LogP contribution in [0, 0.1) is 13.8 Å². The predicted octanol–water partition coefficient (Wildman–Crippen LogP) is 3.09. The fourth-order valence-electron chi connectivity index (χ4n) is 2.04. The summed E-state index contributed by atoms with van der Waals surface area (Å²) in [6.07, 6.45) is 1.46. The normalized spacial score (nSPS) is 11.0. The second-order valence-corrected chi connectivity index (χ2v) is 4.34. The van der Waals surface area contributed by atoms with Gasteiger partial charge < -0.3 is 10.2 Å². The van der Waals surface area contributed by atoms with E-state index in [4.69, 9.17) is 10.2 Å². The van der Waals surface area contributed by atoms with E-state index in [0.29, 0.717) is 5.82 Å². The van der Waals surface area contributed by atoms with Crippen LogP contribution in [0.1, 0.15) is 11.1 Å². The van der Waals surface area contributed by atoms with Crippen molar-refractivity contribution in [3.8, 4) is 11.5 Å². The number of benzene rings is 1. The summed E-state index contributed by atoms with van der Waals surface area (Å²) in [6, 6.07) is 8.04. The summed E-state index contributed by atoms with van der Waals surface area (Å²) in [6.45, 7) is 3.92. The Morgan fingerprint density at radius 1 is 1.17 bits per heavy atom. The highest BCUT2D eigenvalue weighted by Gasteiger charge is 2.12. The van der Waals surface area contributed by atoms with Crippen LogP contribution in [0.4, 0.5) is 5.82 Å². The lowest BCUT2D eigenvalue weighted by Crippen LogP contribution is -1.97. The van der Waals surface area contributed by atoms with Crippen LogP contribution in [-0.2, 0) is 0 Å². The molecule has 0 saturated carbocycles. The van der Waals surface area contributed by atoms with Gasteiger partial charge in [0.05, 0.1) is 0 Å². The molecule has 1 aromatic carbocycles. The maximum Gasteiger partial charge on any atom is 0.154 e. The summed E-state index contributed by atoms with van der Waals surface area (Å²) in [7, 11) is 0. The predicted molar refractivity (Wildman–Crippen MR) is 71.1 cm³/mol. The van der Waals surface area contributed by atoms with Gasteiger partial charge in [0.2, 0.25) is 0 Å². The van der Waals surface area contributed by atoms with Gasteiger partial charge >= 0.3 is 0 Å². The molecule has 18 heavy (non-hydrogen) atoms. The van der Waals surface area contributed by atoms with Crippen molar-refractivity contribution >= 4 is 16.8 Å². The maximum absolute atomic E-state index is 5.87. The molecular weight excluding hydrogens is 226 g/mol. The number of nitrogens with zero attached hydrogens (tertiary/aromatic N) is 2. The molecule has 0 fully saturated rings. The van der Waals surface area contributed by atoms with Gasteiger partial charge in [-0.05, 0) is 25.5 Å². The molecule has 2 N–H and O–H groups in total. The van der Waals surface area contributed by atoms with Crippen LogP contribution in [0.15, 0.2) is 35.0 Å². The first-order chi connectivity index (χ1) is 8.66. The van der Waals surface area contributed by atoms with Crippen LogP contribution in [0.3, 0.4) is 0 Å². The minimum absolute atomic E-state index is 0.483. The first kappa shape index (κ1) is 10.8. The van der Waals surface area contributed by atoms with Crippen molar-refractivity contribution in [2.75, 3.05) is 5.73 Å². The quantitative estimate of drug-likeness (QED) is 0.708. The highest BCUT2D eigenvalue weighted by atomic mass is 16.3. The van der Waals surface area contributed by atoms with Gasteiger partial charge in [-0.3, -0.25) is 0 Å². The summed E-state index contributed by atoms with van der Waals surface area (Å²) < 4.78 is 5.87. The number of anilines is 1. The Hall–Kier alpha value is -2.36. The summed E-state index contributed by atoms with van der Waals surface area (Å²) in [5.41, 5.74) is 9.38. The molecule has 2 aromatic heterocycles. The molecule has 3 rings (SSSR count). The van der Waals surface area contributed by atoms with Crippen LogP contribution in [0.25, 0.3) is 22.4 Å². The highest BCUT2D eigenvalue weighted by molar-refractivity contribution is 5.85. The molecule has 0 atom stereocenters. The minimum Gasteiger partial charge on any atom is -0.454 e. The van der Waals surface area contributed by atoms with Crippen LogP contribution in [0.5, 0.6) is 0 Å². The number of fused-ring (bicyclic) bond motifs is 1. The van der Waals surface area contributed by atoms with Crippen molar-refractivity contribution in [1.29, 1.82) is 0 Å². The van der Waals surface area contributed by atoms with Gasteiger partial charge in [-0.2, -0.15) is 0 Å². The molecule has 0 unspecified atom stereocenters. The van der Waals surface area contributed by atoms with Crippen molar-refractivity contribution in [3.63, 3.8) is 0 Å². The minimum atomic E-state index is 0.483. The van der Waals surface area contributed by atoms with Crippen LogP contribution < -0.4 is 5.73 Å². The van der Waals surface area contributed by atoms with Crippen molar-refractivity contribution in [3.05, 3.63) is 41.7 Å². The Labute approximate surface area is 104 Å². The highest BCUT2D eigenvalue weighted by Crippen LogP contribution is 2.30. The zero-order valence-corrected chi connectivity index (χ0v) is 10.3. The van der Waals surface area contributed by atoms with Crippen molar-refractivity contribution < 1.29 is 4.42 Å². The summed E-state index contributed by atoms with van der Waals surface area (Å²) >= 11 is 0. The van der Waals surface area contributed by atoms with Crippen molar-refractivity contribution in [1.82, 2.24) is 9.97 Å². The molecule has 0 amide bonds. The lowest BCUT2D eigenvalue weighted by molar-refractivity contribution is 0.625. The van der Waals surface area contributed by atoms with Gasteiger partial charge in [0.15, 0.2) is 5.76 Å². The van der Waals surface area contributed by atoms with Crippen molar-refractivity contribution in [2.45, 2.75) is 13.8 Å². The Morgan fingerprint density at radius 2 is 2.00 bits per heavy atom. The van der Waals surface area contributed by atoms with E-state index in [1.807, 2.05) is 38.1 Å². The topological polar surface area (TPSA) is 64.9 Å². The Kier molecular flexibility index (Phi) is 2.30. The number of rotatable bonds is 1. The molecule has 0 saturated heterocycles. The number of aryl methyl sites for hydroxylation is 1. The monoisotopic (exact) mass is 239 g/mol. The fraction of sp³-hybridized carbons (Fsp3) is 0.143. The number of aromatic nitrogens is 2. The lowest BCUT2D eigenvalue weighted by atomic mass is 10.1. The molecule has 0 aliphatic carbocycles. The standard InChI is InChI=1S/C14H13N3O/c1-8-4-3-5-10-6-11(18-13(8)10)12-9(2)14(15)17-7-16-12/h3-7H,1-2H3,(H2,15,16,17). The first-order valence-electron chi connectivity index (χ1n) is 5.73. The van der Waals surface area contributed by atoms with E-state index in [0.717, 1.165) is 33.6 Å². The summed E-state index contributed by atoms with van der Waals surface area (Å²) in [4.78, 5) is 8.21. The molecule has 0 aliphatic rings. The van der Waals surface area contributed by atoms with Crippen molar-refractivity contribution in [2.24, 2.45) is 0 Å². The smallest absolute Gasteiger partial charge is 0.154 e. The lowest BCUT2D eigenvalue weighted by Gasteiger charge is -2.02. The number of nitrogen functional groups attached to an aromatic ring is 1. The van der Waals surface area contributed by atoms with E-state index in [1.54, 1.807) is 0 Å². The van der Waals surface area contributed by atoms with E-state index in [1.165, 1.54) is 6.33 Å². The van der Waals surface area contributed by atoms with Gasteiger partial charge in [-0.1, -0.05) is 18.2 Å². The largest absolute Gasteiger partial charge is 0.454 e. The molecule has 0 bridgehead atoms. The molecule has 90 valence electrons. The zero-order valence-electron chi connectivity index (χ0n) is 10.3. The number of nitrogens with two attached hydrogens (primary N) is 1. The first-order valence-corrected chi connectivity index (χ1v) is 5.73. The van der Waals surface area contributed by atoms with Gasteiger partial charge in [-0.15, -0.1) is 0 Å². The van der Waals surface area contributed by atoms with Gasteiger partial charge in [0.1, 0.15) is 23.4 Å². The Balaban J connectivity index is 2.26. The number of hydrogen-bond donors (Lipinski definition) is 1. The third kappa shape index (κ3) is 1.54. The average Bonchev–Trinajstić information content (AvgIpc) is 2.78. The fourth-order valence-corrected chi connectivity index (χ4v) is 2.04. The van der Waals surface area contributed by atoms with Gasteiger partial charge in [0, 0.05) is 10.9 Å². The van der Waals surface area contributed by atoms with Crippen LogP contribution in [-0.4, -0.2) is 9.97 Å². The zero-order chi connectivity index (χ0) is 12.7. The molecule has 0 radical (unpaired) electrons. The van der Waals surface area contributed by atoms with E-state index in [9.17, 15) is 0 Å². The molecule has 3 aromatic rings. The SMILES string of the molecule is Cc1c(N)ncnc1-c1cc2cccc(C)c2o1. The maximum atomic E-state index is 5.87. The molecule has 4 heteroatoms. The number of para-hydroxylation sites is 1. The van der Waals surface area contributed by atoms with E-state index in [2.05, 4.69) is 9.97 Å². The third-order valence-corrected chi connectivity index (χ3v) is 3.10. The van der Waals surface area contributed by atoms with E-state index in [-0.39, 0.29) is 0 Å². The molecular formula is C14H13N3O. The van der Waals surface area contributed by atoms with Gasteiger partial charge in [0.25, 0.3) is 0 Å². The van der Waals surface area contributed by atoms with Crippen LogP contribution >= 0.6 is 0 Å². The molecule has 2 heterocycles. The second kappa shape index (κ2) is 3.84.